The molecule has 0 atom stereocenters. The lowest BCUT2D eigenvalue weighted by atomic mass is 10.2. The fourth-order valence-corrected chi connectivity index (χ4v) is 2.17. The van der Waals surface area contributed by atoms with Crippen LogP contribution in [0.5, 0.6) is 0 Å². The topological polar surface area (TPSA) is 60.2 Å². The molecule has 0 aliphatic rings. The number of aryl methyl sites for hydroxylation is 1. The molecule has 2 N–H and O–H groups in total. The Bertz CT molecular complexity index is 400. The second-order valence-electron chi connectivity index (χ2n) is 2.45. The fraction of sp³-hybridized carbons (Fsp3) is 0.143. The average Bonchev–Trinajstić information content (AvgIpc) is 1.83. The van der Waals surface area contributed by atoms with Gasteiger partial charge in [0.25, 0.3) is 0 Å². The molecular formula is C7H8BrNO2S. The van der Waals surface area contributed by atoms with Gasteiger partial charge in [0.2, 0.25) is 10.0 Å². The molecule has 1 aromatic carbocycles. The van der Waals surface area contributed by atoms with Gasteiger partial charge in [0.15, 0.2) is 0 Å². The summed E-state index contributed by atoms with van der Waals surface area (Å²) in [6.45, 7) is 1.70. The molecule has 0 spiro atoms. The standard InChI is InChI=1S/C7H8BrNO2S/c1-5-4-6(8)2-3-7(5)12(9,10)11/h2-4H,1H3,(H2,9,10,11). The third-order valence-corrected chi connectivity index (χ3v) is 3.01. The highest BCUT2D eigenvalue weighted by Crippen LogP contribution is 2.18. The Morgan fingerprint density at radius 1 is 1.42 bits per heavy atom. The zero-order valence-electron chi connectivity index (χ0n) is 6.41. The van der Waals surface area contributed by atoms with Crippen LogP contribution in [0.2, 0.25) is 0 Å². The summed E-state index contributed by atoms with van der Waals surface area (Å²) < 4.78 is 22.7. The van der Waals surface area contributed by atoms with Crippen LogP contribution in [0.1, 0.15) is 5.56 Å². The first-order valence-electron chi connectivity index (χ1n) is 3.20. The summed E-state index contributed by atoms with van der Waals surface area (Å²) in [5, 5.41) is 4.96. The number of benzene rings is 1. The van der Waals surface area contributed by atoms with Crippen LogP contribution in [0.25, 0.3) is 0 Å². The normalized spacial score (nSPS) is 11.6. The minimum atomic E-state index is -3.57. The molecule has 0 aliphatic carbocycles. The summed E-state index contributed by atoms with van der Waals surface area (Å²) in [4.78, 5) is 0.172. The summed E-state index contributed by atoms with van der Waals surface area (Å²) in [6.07, 6.45) is 0. The van der Waals surface area contributed by atoms with E-state index < -0.39 is 10.0 Å². The van der Waals surface area contributed by atoms with E-state index in [1.165, 1.54) is 6.07 Å². The van der Waals surface area contributed by atoms with E-state index in [2.05, 4.69) is 15.9 Å². The number of halogens is 1. The summed E-state index contributed by atoms with van der Waals surface area (Å²) >= 11 is 3.23. The second kappa shape index (κ2) is 3.16. The number of primary sulfonamides is 1. The highest BCUT2D eigenvalue weighted by atomic mass is 79.9. The summed E-state index contributed by atoms with van der Waals surface area (Å²) in [5.41, 5.74) is 0.645. The van der Waals surface area contributed by atoms with E-state index >= 15 is 0 Å². The SMILES string of the molecule is Cc1cc(Br)ccc1S(N)(=O)=O. The molecule has 0 radical (unpaired) electrons. The highest BCUT2D eigenvalue weighted by Gasteiger charge is 2.10. The molecule has 0 bridgehead atoms. The van der Waals surface area contributed by atoms with Crippen LogP contribution >= 0.6 is 15.9 Å². The maximum atomic E-state index is 10.9. The molecule has 66 valence electrons. The predicted octanol–water partition coefficient (Wildman–Crippen LogP) is 1.40. The van der Waals surface area contributed by atoms with Crippen molar-refractivity contribution in [3.8, 4) is 0 Å². The van der Waals surface area contributed by atoms with Crippen LogP contribution in [-0.2, 0) is 10.0 Å². The van der Waals surface area contributed by atoms with Crippen LogP contribution in [0.3, 0.4) is 0 Å². The summed E-state index contributed by atoms with van der Waals surface area (Å²) in [5.74, 6) is 0. The molecule has 0 saturated carbocycles. The van der Waals surface area contributed by atoms with Gasteiger partial charge in [-0.05, 0) is 30.7 Å². The molecule has 1 rings (SSSR count). The van der Waals surface area contributed by atoms with Crippen molar-refractivity contribution in [2.45, 2.75) is 11.8 Å². The van der Waals surface area contributed by atoms with Gasteiger partial charge in [-0.25, -0.2) is 13.6 Å². The Labute approximate surface area is 79.8 Å². The summed E-state index contributed by atoms with van der Waals surface area (Å²) in [7, 11) is -3.57. The van der Waals surface area contributed by atoms with Gasteiger partial charge in [0, 0.05) is 4.47 Å². The first-order valence-corrected chi connectivity index (χ1v) is 5.54. The Morgan fingerprint density at radius 2 is 2.00 bits per heavy atom. The van der Waals surface area contributed by atoms with Crippen LogP contribution < -0.4 is 5.14 Å². The zero-order chi connectivity index (χ0) is 9.35. The average molecular weight is 250 g/mol. The van der Waals surface area contributed by atoms with E-state index in [-0.39, 0.29) is 4.90 Å². The molecule has 0 amide bonds. The van der Waals surface area contributed by atoms with Gasteiger partial charge in [-0.1, -0.05) is 15.9 Å². The molecular weight excluding hydrogens is 242 g/mol. The molecule has 0 fully saturated rings. The quantitative estimate of drug-likeness (QED) is 0.819. The predicted molar refractivity (Wildman–Crippen MR) is 50.3 cm³/mol. The van der Waals surface area contributed by atoms with Gasteiger partial charge < -0.3 is 0 Å². The van der Waals surface area contributed by atoms with E-state index in [1.807, 2.05) is 0 Å². The first kappa shape index (κ1) is 9.70. The first-order chi connectivity index (χ1) is 5.41. The smallest absolute Gasteiger partial charge is 0.225 e. The summed E-state index contributed by atoms with van der Waals surface area (Å²) in [6, 6.07) is 4.83. The Hall–Kier alpha value is -0.390. The minimum absolute atomic E-state index is 0.172. The van der Waals surface area contributed by atoms with Gasteiger partial charge in [0.1, 0.15) is 0 Å². The molecule has 5 heteroatoms. The number of rotatable bonds is 1. The molecule has 0 aromatic heterocycles. The maximum Gasteiger partial charge on any atom is 0.238 e. The van der Waals surface area contributed by atoms with Crippen LogP contribution in [-0.4, -0.2) is 8.42 Å². The monoisotopic (exact) mass is 249 g/mol. The molecule has 1 aromatic rings. The van der Waals surface area contributed by atoms with Crippen LogP contribution in [0.15, 0.2) is 27.6 Å². The number of hydrogen-bond donors (Lipinski definition) is 1. The van der Waals surface area contributed by atoms with E-state index in [0.717, 1.165) is 4.47 Å². The van der Waals surface area contributed by atoms with E-state index in [4.69, 9.17) is 5.14 Å². The van der Waals surface area contributed by atoms with Gasteiger partial charge in [-0.15, -0.1) is 0 Å². The van der Waals surface area contributed by atoms with Crippen molar-refractivity contribution >= 4 is 26.0 Å². The second-order valence-corrected chi connectivity index (χ2v) is 4.90. The lowest BCUT2D eigenvalue weighted by molar-refractivity contribution is 0.597. The van der Waals surface area contributed by atoms with Crippen molar-refractivity contribution in [1.82, 2.24) is 0 Å². The van der Waals surface area contributed by atoms with Crippen LogP contribution in [0, 0.1) is 6.92 Å². The molecule has 0 aliphatic heterocycles. The number of hydrogen-bond acceptors (Lipinski definition) is 2. The highest BCUT2D eigenvalue weighted by molar-refractivity contribution is 9.10. The lowest BCUT2D eigenvalue weighted by Gasteiger charge is -2.02. The minimum Gasteiger partial charge on any atom is -0.225 e. The van der Waals surface area contributed by atoms with Crippen molar-refractivity contribution in [2.75, 3.05) is 0 Å². The lowest BCUT2D eigenvalue weighted by Crippen LogP contribution is -2.13. The third-order valence-electron chi connectivity index (χ3n) is 1.44. The van der Waals surface area contributed by atoms with Gasteiger partial charge in [0.05, 0.1) is 4.90 Å². The van der Waals surface area contributed by atoms with Crippen LogP contribution in [0.4, 0.5) is 0 Å². The van der Waals surface area contributed by atoms with Gasteiger partial charge in [-0.3, -0.25) is 0 Å². The molecule has 0 heterocycles. The van der Waals surface area contributed by atoms with E-state index in [1.54, 1.807) is 19.1 Å². The van der Waals surface area contributed by atoms with Crippen molar-refractivity contribution in [3.63, 3.8) is 0 Å². The van der Waals surface area contributed by atoms with Gasteiger partial charge in [-0.2, -0.15) is 0 Å². The van der Waals surface area contributed by atoms with E-state index in [0.29, 0.717) is 5.56 Å². The molecule has 0 unspecified atom stereocenters. The number of nitrogens with two attached hydrogens (primary N) is 1. The number of sulfonamides is 1. The largest absolute Gasteiger partial charge is 0.238 e. The maximum absolute atomic E-state index is 10.9. The Kier molecular flexibility index (Phi) is 2.55. The van der Waals surface area contributed by atoms with Crippen molar-refractivity contribution in [1.29, 1.82) is 0 Å². The molecule has 12 heavy (non-hydrogen) atoms. The Balaban J connectivity index is 3.39. The van der Waals surface area contributed by atoms with Gasteiger partial charge >= 0.3 is 0 Å². The fourth-order valence-electron chi connectivity index (χ4n) is 0.932. The van der Waals surface area contributed by atoms with E-state index in [9.17, 15) is 8.42 Å². The van der Waals surface area contributed by atoms with Crippen molar-refractivity contribution in [2.24, 2.45) is 5.14 Å². The third kappa shape index (κ3) is 2.06. The van der Waals surface area contributed by atoms with Crippen molar-refractivity contribution < 1.29 is 8.42 Å². The van der Waals surface area contributed by atoms with Crippen molar-refractivity contribution in [3.05, 3.63) is 28.2 Å². The zero-order valence-corrected chi connectivity index (χ0v) is 8.81. The Morgan fingerprint density at radius 3 is 2.42 bits per heavy atom. The molecule has 3 nitrogen and oxygen atoms in total. The molecule has 0 saturated heterocycles.